The highest BCUT2D eigenvalue weighted by Gasteiger charge is 2.19. The summed E-state index contributed by atoms with van der Waals surface area (Å²) in [6.07, 6.45) is 0. The molecule has 56 valence electrons. The molecule has 0 aliphatic heterocycles. The van der Waals surface area contributed by atoms with Crippen LogP contribution in [0.15, 0.2) is 0 Å². The second-order valence-corrected chi connectivity index (χ2v) is 5.80. The molecule has 3 nitrogen and oxygen atoms in total. The predicted octanol–water partition coefficient (Wildman–Crippen LogP) is 0.932. The highest BCUT2D eigenvalue weighted by Crippen LogP contribution is 2.44. The Balaban J connectivity index is 4.21. The first kappa shape index (κ1) is 9.15. The molecule has 0 radical (unpaired) electrons. The molecule has 0 amide bonds. The van der Waals surface area contributed by atoms with Crippen molar-refractivity contribution in [1.29, 1.82) is 0 Å². The first-order valence-corrected chi connectivity index (χ1v) is 4.88. The number of hydrogen-bond acceptors (Lipinski definition) is 1. The first-order valence-electron chi connectivity index (χ1n) is 2.82. The normalized spacial score (nSPS) is 13.2. The van der Waals surface area contributed by atoms with E-state index in [0.717, 1.165) is 0 Å². The highest BCUT2D eigenvalue weighted by atomic mass is 31.2. The molecule has 0 saturated carbocycles. The zero-order valence-electron chi connectivity index (χ0n) is 6.75. The lowest BCUT2D eigenvalue weighted by Crippen LogP contribution is -2.19. The lowest BCUT2D eigenvalue weighted by Gasteiger charge is -2.26. The van der Waals surface area contributed by atoms with Gasteiger partial charge in [0.2, 0.25) is 7.44 Å². The van der Waals surface area contributed by atoms with Gasteiger partial charge in [-0.1, -0.05) is 0 Å². The van der Waals surface area contributed by atoms with Crippen molar-refractivity contribution in [2.45, 2.75) is 0 Å². The second-order valence-electron chi connectivity index (χ2n) is 2.53. The largest absolute Gasteiger partial charge is 0.289 e. The summed E-state index contributed by atoms with van der Waals surface area (Å²) in [5.41, 5.74) is 0. The smallest absolute Gasteiger partial charge is 0.212 e. The molecular formula is C5H15N2OP. The summed E-state index contributed by atoms with van der Waals surface area (Å²) in [7, 11) is 5.11. The summed E-state index contributed by atoms with van der Waals surface area (Å²) in [4.78, 5) is 0. The Labute approximate surface area is 57.1 Å². The Bertz CT molecular complexity index is 121. The average Bonchev–Trinajstić information content (AvgIpc) is 1.65. The molecular weight excluding hydrogens is 135 g/mol. The Morgan fingerprint density at radius 3 is 1.22 bits per heavy atom. The van der Waals surface area contributed by atoms with Crippen molar-refractivity contribution < 1.29 is 4.57 Å². The summed E-state index contributed by atoms with van der Waals surface area (Å²) < 4.78 is 15.0. The number of rotatable bonds is 2. The van der Waals surface area contributed by atoms with E-state index < -0.39 is 7.44 Å². The Morgan fingerprint density at radius 1 is 1.00 bits per heavy atom. The van der Waals surface area contributed by atoms with Crippen LogP contribution >= 0.6 is 7.44 Å². The monoisotopic (exact) mass is 150 g/mol. The van der Waals surface area contributed by atoms with Crippen LogP contribution in [-0.2, 0) is 4.57 Å². The molecule has 0 N–H and O–H groups in total. The van der Waals surface area contributed by atoms with Crippen LogP contribution in [0, 0.1) is 0 Å². The Kier molecular flexibility index (Phi) is 2.87. The van der Waals surface area contributed by atoms with Gasteiger partial charge in [0, 0.05) is 6.66 Å². The maximum Gasteiger partial charge on any atom is 0.212 e. The highest BCUT2D eigenvalue weighted by molar-refractivity contribution is 7.58. The molecule has 4 heteroatoms. The van der Waals surface area contributed by atoms with E-state index in [1.165, 1.54) is 0 Å². The molecule has 0 saturated heterocycles. The summed E-state index contributed by atoms with van der Waals surface area (Å²) in [6, 6.07) is 0. The van der Waals surface area contributed by atoms with Crippen molar-refractivity contribution in [3.63, 3.8) is 0 Å². The van der Waals surface area contributed by atoms with Gasteiger partial charge in [-0.25, -0.2) is 9.34 Å². The third-order valence-corrected chi connectivity index (χ3v) is 4.45. The van der Waals surface area contributed by atoms with Crippen molar-refractivity contribution in [2.24, 2.45) is 0 Å². The average molecular weight is 150 g/mol. The minimum atomic E-state index is -2.17. The fraction of sp³-hybridized carbons (Fsp3) is 1.00. The van der Waals surface area contributed by atoms with Crippen LogP contribution in [0.3, 0.4) is 0 Å². The summed E-state index contributed by atoms with van der Waals surface area (Å²) in [6.45, 7) is 1.74. The van der Waals surface area contributed by atoms with Crippen molar-refractivity contribution >= 4 is 7.44 Å². The van der Waals surface area contributed by atoms with E-state index in [2.05, 4.69) is 0 Å². The van der Waals surface area contributed by atoms with Crippen LogP contribution in [0.4, 0.5) is 0 Å². The van der Waals surface area contributed by atoms with Gasteiger partial charge >= 0.3 is 0 Å². The SMILES string of the molecule is CN(C)P(C)(=O)N(C)C. The Morgan fingerprint density at radius 2 is 1.22 bits per heavy atom. The van der Waals surface area contributed by atoms with Crippen LogP contribution < -0.4 is 0 Å². The quantitative estimate of drug-likeness (QED) is 0.547. The van der Waals surface area contributed by atoms with Gasteiger partial charge in [0.05, 0.1) is 0 Å². The van der Waals surface area contributed by atoms with E-state index in [-0.39, 0.29) is 0 Å². The van der Waals surface area contributed by atoms with E-state index in [4.69, 9.17) is 0 Å². The fourth-order valence-electron chi connectivity index (χ4n) is 0.358. The minimum Gasteiger partial charge on any atom is -0.289 e. The Hall–Kier alpha value is 0.150. The molecule has 0 rings (SSSR count). The maximum atomic E-state index is 11.5. The molecule has 0 aliphatic carbocycles. The number of hydrogen-bond donors (Lipinski definition) is 0. The van der Waals surface area contributed by atoms with Crippen molar-refractivity contribution in [1.82, 2.24) is 9.34 Å². The van der Waals surface area contributed by atoms with Gasteiger partial charge in [0.25, 0.3) is 0 Å². The van der Waals surface area contributed by atoms with Crippen LogP contribution in [0.5, 0.6) is 0 Å². The standard InChI is InChI=1S/C5H15N2OP/c1-6(2)9(5,8)7(3)4/h1-5H3. The zero-order chi connectivity index (χ0) is 7.65. The van der Waals surface area contributed by atoms with E-state index in [9.17, 15) is 4.57 Å². The lowest BCUT2D eigenvalue weighted by atomic mass is 11.3. The fourth-order valence-corrected chi connectivity index (χ4v) is 1.07. The third-order valence-electron chi connectivity index (χ3n) is 1.48. The first-order chi connectivity index (χ1) is 3.89. The minimum absolute atomic E-state index is 1.74. The maximum absolute atomic E-state index is 11.5. The van der Waals surface area contributed by atoms with Crippen molar-refractivity contribution in [2.75, 3.05) is 34.9 Å². The zero-order valence-corrected chi connectivity index (χ0v) is 7.64. The van der Waals surface area contributed by atoms with Gasteiger partial charge in [0.15, 0.2) is 0 Å². The summed E-state index contributed by atoms with van der Waals surface area (Å²) in [5.74, 6) is 0. The van der Waals surface area contributed by atoms with Gasteiger partial charge in [-0.15, -0.1) is 0 Å². The molecule has 0 spiro atoms. The second kappa shape index (κ2) is 2.82. The molecule has 0 aromatic rings. The topological polar surface area (TPSA) is 23.6 Å². The van der Waals surface area contributed by atoms with E-state index in [1.54, 1.807) is 16.0 Å². The van der Waals surface area contributed by atoms with Crippen LogP contribution in [-0.4, -0.2) is 44.2 Å². The van der Waals surface area contributed by atoms with Crippen LogP contribution in [0.2, 0.25) is 0 Å². The van der Waals surface area contributed by atoms with E-state index >= 15 is 0 Å². The van der Waals surface area contributed by atoms with Gasteiger partial charge in [0.1, 0.15) is 0 Å². The molecule has 0 bridgehead atoms. The molecule has 0 unspecified atom stereocenters. The van der Waals surface area contributed by atoms with E-state index in [1.807, 2.05) is 28.2 Å². The molecule has 0 heterocycles. The number of nitrogens with zero attached hydrogens (tertiary/aromatic N) is 2. The molecule has 9 heavy (non-hydrogen) atoms. The lowest BCUT2D eigenvalue weighted by molar-refractivity contribution is 0.455. The molecule has 0 atom stereocenters. The van der Waals surface area contributed by atoms with Gasteiger partial charge in [-0.3, -0.25) is 4.57 Å². The predicted molar refractivity (Wildman–Crippen MR) is 40.9 cm³/mol. The van der Waals surface area contributed by atoms with E-state index in [0.29, 0.717) is 0 Å². The van der Waals surface area contributed by atoms with Crippen molar-refractivity contribution in [3.05, 3.63) is 0 Å². The van der Waals surface area contributed by atoms with Crippen LogP contribution in [0.1, 0.15) is 0 Å². The molecule has 0 aliphatic rings. The molecule has 0 aromatic heterocycles. The van der Waals surface area contributed by atoms with Gasteiger partial charge < -0.3 is 0 Å². The van der Waals surface area contributed by atoms with Gasteiger partial charge in [-0.2, -0.15) is 0 Å². The van der Waals surface area contributed by atoms with Crippen molar-refractivity contribution in [3.8, 4) is 0 Å². The molecule has 0 aromatic carbocycles. The molecule has 0 fully saturated rings. The third kappa shape index (κ3) is 2.09. The van der Waals surface area contributed by atoms with Crippen LogP contribution in [0.25, 0.3) is 0 Å². The summed E-state index contributed by atoms with van der Waals surface area (Å²) >= 11 is 0. The summed E-state index contributed by atoms with van der Waals surface area (Å²) in [5, 5.41) is 0. The van der Waals surface area contributed by atoms with Gasteiger partial charge in [-0.05, 0) is 28.2 Å².